The first kappa shape index (κ1) is 24.6. The monoisotopic (exact) mass is 507 g/mol. The number of nitrogens with zero attached hydrogens (tertiary/aromatic N) is 4. The highest BCUT2D eigenvalue weighted by atomic mass is 16.5. The topological polar surface area (TPSA) is 119 Å². The lowest BCUT2D eigenvalue weighted by atomic mass is 9.98. The largest absolute Gasteiger partial charge is 0.481 e. The van der Waals surface area contributed by atoms with Gasteiger partial charge in [0, 0.05) is 29.8 Å². The first-order valence-corrected chi connectivity index (χ1v) is 12.0. The summed E-state index contributed by atoms with van der Waals surface area (Å²) in [5, 5.41) is 14.1. The summed E-state index contributed by atoms with van der Waals surface area (Å²) >= 11 is 0. The highest BCUT2D eigenvalue weighted by Gasteiger charge is 2.21. The number of aromatic nitrogens is 4. The van der Waals surface area contributed by atoms with E-state index in [2.05, 4.69) is 20.3 Å². The minimum Gasteiger partial charge on any atom is -0.481 e. The normalized spacial score (nSPS) is 11.8. The summed E-state index contributed by atoms with van der Waals surface area (Å²) < 4.78 is 6.95. The molecule has 2 N–H and O–H groups in total. The number of ether oxygens (including phenoxy) is 1. The SMILES string of the molecule is COc1cc(-c2cccc3cc([C@H](C)Nc4nc(C)ncc4C(=O)O)n(-c4ccccc4)c(=O)c23)ccn1. The first-order chi connectivity index (χ1) is 18.4. The fourth-order valence-corrected chi connectivity index (χ4v) is 4.49. The van der Waals surface area contributed by atoms with E-state index in [-0.39, 0.29) is 16.9 Å². The average molecular weight is 508 g/mol. The molecule has 3 heterocycles. The van der Waals surface area contributed by atoms with Crippen LogP contribution < -0.4 is 15.6 Å². The van der Waals surface area contributed by atoms with Gasteiger partial charge in [-0.1, -0.05) is 36.4 Å². The molecule has 3 aromatic heterocycles. The van der Waals surface area contributed by atoms with E-state index in [4.69, 9.17) is 4.74 Å². The number of pyridine rings is 2. The van der Waals surface area contributed by atoms with Gasteiger partial charge in [0.05, 0.1) is 18.5 Å². The Kier molecular flexibility index (Phi) is 6.57. The Morgan fingerprint density at radius 2 is 1.84 bits per heavy atom. The Morgan fingerprint density at radius 3 is 2.58 bits per heavy atom. The quantitative estimate of drug-likeness (QED) is 0.315. The highest BCUT2D eigenvalue weighted by molar-refractivity contribution is 5.97. The van der Waals surface area contributed by atoms with Crippen molar-refractivity contribution in [1.82, 2.24) is 19.5 Å². The molecule has 1 atom stereocenters. The number of benzene rings is 2. The molecule has 0 fully saturated rings. The predicted octanol–water partition coefficient (Wildman–Crippen LogP) is 5.03. The molecule has 190 valence electrons. The third kappa shape index (κ3) is 4.57. The van der Waals surface area contributed by atoms with E-state index in [1.165, 1.54) is 6.20 Å². The molecule has 0 saturated heterocycles. The molecule has 0 saturated carbocycles. The maximum absolute atomic E-state index is 14.3. The Bertz CT molecular complexity index is 1720. The zero-order valence-corrected chi connectivity index (χ0v) is 21.0. The summed E-state index contributed by atoms with van der Waals surface area (Å²) in [5.74, 6) is -0.0776. The van der Waals surface area contributed by atoms with E-state index in [0.29, 0.717) is 28.5 Å². The second-order valence-electron chi connectivity index (χ2n) is 8.75. The molecule has 9 nitrogen and oxygen atoms in total. The van der Waals surface area contributed by atoms with Gasteiger partial charge >= 0.3 is 5.97 Å². The minimum atomic E-state index is -1.14. The van der Waals surface area contributed by atoms with Gasteiger partial charge in [-0.3, -0.25) is 9.36 Å². The second-order valence-corrected chi connectivity index (χ2v) is 8.75. The van der Waals surface area contributed by atoms with Gasteiger partial charge < -0.3 is 15.2 Å². The number of methoxy groups -OCH3 is 1. The van der Waals surface area contributed by atoms with Crippen molar-refractivity contribution in [3.8, 4) is 22.7 Å². The summed E-state index contributed by atoms with van der Waals surface area (Å²) in [5.41, 5.74) is 2.63. The number of hydrogen-bond acceptors (Lipinski definition) is 7. The number of fused-ring (bicyclic) bond motifs is 1. The number of rotatable bonds is 7. The molecule has 5 aromatic rings. The van der Waals surface area contributed by atoms with E-state index >= 15 is 0 Å². The molecule has 2 aromatic carbocycles. The van der Waals surface area contributed by atoms with Crippen molar-refractivity contribution in [3.05, 3.63) is 107 Å². The van der Waals surface area contributed by atoms with E-state index in [0.717, 1.165) is 16.5 Å². The van der Waals surface area contributed by atoms with E-state index in [1.807, 2.05) is 67.6 Å². The van der Waals surface area contributed by atoms with Crippen LogP contribution in [0.5, 0.6) is 5.88 Å². The number of aryl methyl sites for hydroxylation is 1. The zero-order chi connectivity index (χ0) is 26.8. The van der Waals surface area contributed by atoms with Gasteiger partial charge in [-0.2, -0.15) is 0 Å². The van der Waals surface area contributed by atoms with Crippen molar-refractivity contribution in [3.63, 3.8) is 0 Å². The smallest absolute Gasteiger partial charge is 0.341 e. The van der Waals surface area contributed by atoms with Gasteiger partial charge in [-0.15, -0.1) is 0 Å². The van der Waals surface area contributed by atoms with E-state index in [1.54, 1.807) is 30.9 Å². The Hall–Kier alpha value is -5.05. The Balaban J connectivity index is 1.74. The van der Waals surface area contributed by atoms with Crippen LogP contribution in [0.3, 0.4) is 0 Å². The van der Waals surface area contributed by atoms with Crippen LogP contribution in [0.2, 0.25) is 0 Å². The lowest BCUT2D eigenvalue weighted by Gasteiger charge is -2.22. The Morgan fingerprint density at radius 1 is 1.05 bits per heavy atom. The number of para-hydroxylation sites is 1. The number of carboxylic acid groups (broad SMARTS) is 1. The van der Waals surface area contributed by atoms with Crippen LogP contribution in [0.1, 0.15) is 34.8 Å². The van der Waals surface area contributed by atoms with Crippen molar-refractivity contribution in [2.45, 2.75) is 19.9 Å². The van der Waals surface area contributed by atoms with Crippen molar-refractivity contribution in [2.75, 3.05) is 12.4 Å². The van der Waals surface area contributed by atoms with Gasteiger partial charge in [-0.05, 0) is 54.6 Å². The van der Waals surface area contributed by atoms with Crippen LogP contribution in [-0.4, -0.2) is 37.7 Å². The molecule has 0 aliphatic heterocycles. The van der Waals surface area contributed by atoms with E-state index < -0.39 is 12.0 Å². The molecule has 0 bridgehead atoms. The molecule has 0 spiro atoms. The predicted molar refractivity (Wildman–Crippen MR) is 145 cm³/mol. The van der Waals surface area contributed by atoms with Crippen molar-refractivity contribution in [2.24, 2.45) is 0 Å². The molecule has 0 amide bonds. The molecule has 38 heavy (non-hydrogen) atoms. The van der Waals surface area contributed by atoms with Crippen LogP contribution in [-0.2, 0) is 0 Å². The molecule has 0 aliphatic carbocycles. The average Bonchev–Trinajstić information content (AvgIpc) is 2.93. The van der Waals surface area contributed by atoms with Crippen molar-refractivity contribution in [1.29, 1.82) is 0 Å². The van der Waals surface area contributed by atoms with Crippen LogP contribution in [0, 0.1) is 6.92 Å². The maximum Gasteiger partial charge on any atom is 0.341 e. The molecule has 0 aliphatic rings. The Labute approximate surface area is 218 Å². The molecular formula is C29H25N5O4. The highest BCUT2D eigenvalue weighted by Crippen LogP contribution is 2.31. The maximum atomic E-state index is 14.3. The van der Waals surface area contributed by atoms with Crippen molar-refractivity contribution < 1.29 is 14.6 Å². The standard InChI is InChI=1S/C29H25N5O4/c1-17(32-27-23(29(36)37)16-31-18(2)33-27)24-14-20-8-7-11-22(19-12-13-30-25(15-19)38-3)26(20)28(35)34(24)21-9-5-4-6-10-21/h4-17H,1-3H3,(H,36,37)(H,31,32,33)/t17-/m0/s1. The summed E-state index contributed by atoms with van der Waals surface area (Å²) in [6.07, 6.45) is 2.92. The number of aromatic carboxylic acids is 1. The van der Waals surface area contributed by atoms with Gasteiger partial charge in [0.1, 0.15) is 17.2 Å². The van der Waals surface area contributed by atoms with Crippen LogP contribution >= 0.6 is 0 Å². The minimum absolute atomic E-state index is 0.0502. The fraction of sp³-hybridized carbons (Fsp3) is 0.138. The summed E-state index contributed by atoms with van der Waals surface area (Å²) in [6, 6.07) is 20.1. The van der Waals surface area contributed by atoms with Crippen LogP contribution in [0.15, 0.2) is 83.9 Å². The van der Waals surface area contributed by atoms with Gasteiger partial charge in [0.2, 0.25) is 5.88 Å². The molecule has 0 radical (unpaired) electrons. The summed E-state index contributed by atoms with van der Waals surface area (Å²) in [4.78, 5) is 38.6. The number of nitrogens with one attached hydrogen (secondary N) is 1. The van der Waals surface area contributed by atoms with Crippen LogP contribution in [0.4, 0.5) is 5.82 Å². The lowest BCUT2D eigenvalue weighted by molar-refractivity contribution is 0.0697. The third-order valence-electron chi connectivity index (χ3n) is 6.28. The molecular weight excluding hydrogens is 482 g/mol. The third-order valence-corrected chi connectivity index (χ3v) is 6.28. The van der Waals surface area contributed by atoms with Crippen LogP contribution in [0.25, 0.3) is 27.6 Å². The van der Waals surface area contributed by atoms with Crippen molar-refractivity contribution >= 4 is 22.6 Å². The molecule has 9 heteroatoms. The van der Waals surface area contributed by atoms with Gasteiger partial charge in [0.15, 0.2) is 0 Å². The van der Waals surface area contributed by atoms with Gasteiger partial charge in [-0.25, -0.2) is 19.7 Å². The molecule has 0 unspecified atom stereocenters. The number of carbonyl (C=O) groups is 1. The fourth-order valence-electron chi connectivity index (χ4n) is 4.49. The summed E-state index contributed by atoms with van der Waals surface area (Å²) in [6.45, 7) is 3.55. The molecule has 5 rings (SSSR count). The summed E-state index contributed by atoms with van der Waals surface area (Å²) in [7, 11) is 1.55. The lowest BCUT2D eigenvalue weighted by Crippen LogP contribution is -2.26. The number of carboxylic acids is 1. The van der Waals surface area contributed by atoms with E-state index in [9.17, 15) is 14.7 Å². The number of anilines is 1. The second kappa shape index (κ2) is 10.1. The van der Waals surface area contributed by atoms with Gasteiger partial charge in [0.25, 0.3) is 5.56 Å². The first-order valence-electron chi connectivity index (χ1n) is 12.0. The number of hydrogen-bond donors (Lipinski definition) is 2. The zero-order valence-electron chi connectivity index (χ0n) is 21.0.